The highest BCUT2D eigenvalue weighted by atomic mass is 16.7. The average molecular weight is 408 g/mol. The van der Waals surface area contributed by atoms with Crippen LogP contribution in [0.4, 0.5) is 0 Å². The van der Waals surface area contributed by atoms with Crippen molar-refractivity contribution >= 4 is 5.78 Å². The second-order valence-corrected chi connectivity index (χ2v) is 6.70. The minimum atomic E-state index is -1.70. The SMILES string of the molecule is C[C@@H]1O[C@@H](Oc2cc(O)cc(O)c2C(=O)c2cc(O)cc(O)c2)[C@H](O)[C@H](O)[C@H]1O. The molecule has 3 rings (SSSR count). The number of aliphatic hydroxyl groups is 3. The smallest absolute Gasteiger partial charge is 0.229 e. The number of ether oxygens (including phenoxy) is 2. The topological polar surface area (TPSA) is 177 Å². The number of benzene rings is 2. The van der Waals surface area contributed by atoms with Crippen molar-refractivity contribution in [1.82, 2.24) is 0 Å². The van der Waals surface area contributed by atoms with Crippen LogP contribution in [0.5, 0.6) is 28.7 Å². The van der Waals surface area contributed by atoms with Crippen LogP contribution in [0, 0.1) is 0 Å². The maximum Gasteiger partial charge on any atom is 0.229 e. The first-order chi connectivity index (χ1) is 13.6. The normalized spacial score (nSPS) is 26.8. The number of carbonyl (C=O) groups excluding carboxylic acids is 1. The molecule has 0 aliphatic carbocycles. The van der Waals surface area contributed by atoms with Gasteiger partial charge in [-0.2, -0.15) is 0 Å². The van der Waals surface area contributed by atoms with Crippen LogP contribution in [0.25, 0.3) is 0 Å². The standard InChI is InChI=1S/C19H20O10/c1-7-15(24)17(26)18(27)19(28-7)29-13-6-11(22)5-12(23)14(13)16(25)8-2-9(20)4-10(21)3-8/h2-7,15,17-24,26-27H,1H3/t7-,15-,17+,18+,19-/m0/s1. The largest absolute Gasteiger partial charge is 0.508 e. The van der Waals surface area contributed by atoms with E-state index in [4.69, 9.17) is 9.47 Å². The van der Waals surface area contributed by atoms with Gasteiger partial charge in [0, 0.05) is 23.8 Å². The van der Waals surface area contributed by atoms with Crippen molar-refractivity contribution in [1.29, 1.82) is 0 Å². The first-order valence-electron chi connectivity index (χ1n) is 8.58. The Hall–Kier alpha value is -3.05. The van der Waals surface area contributed by atoms with Crippen LogP contribution in [-0.2, 0) is 4.74 Å². The lowest BCUT2D eigenvalue weighted by Crippen LogP contribution is -2.58. The maximum absolute atomic E-state index is 12.9. The molecule has 10 nitrogen and oxygen atoms in total. The van der Waals surface area contributed by atoms with Crippen LogP contribution in [0.1, 0.15) is 22.8 Å². The van der Waals surface area contributed by atoms with Crippen LogP contribution in [0.15, 0.2) is 30.3 Å². The molecule has 1 fully saturated rings. The van der Waals surface area contributed by atoms with Crippen molar-refractivity contribution in [2.45, 2.75) is 37.6 Å². The number of aliphatic hydroxyl groups excluding tert-OH is 3. The van der Waals surface area contributed by atoms with E-state index in [2.05, 4.69) is 0 Å². The molecule has 0 bridgehead atoms. The maximum atomic E-state index is 12.9. The van der Waals surface area contributed by atoms with Gasteiger partial charge in [0.15, 0.2) is 0 Å². The predicted octanol–water partition coefficient (Wildman–Crippen LogP) is -0.0537. The lowest BCUT2D eigenvalue weighted by molar-refractivity contribution is -0.268. The van der Waals surface area contributed by atoms with Gasteiger partial charge in [-0.25, -0.2) is 0 Å². The molecule has 1 aliphatic heterocycles. The van der Waals surface area contributed by atoms with Crippen molar-refractivity contribution in [3.63, 3.8) is 0 Å². The molecule has 0 unspecified atom stereocenters. The summed E-state index contributed by atoms with van der Waals surface area (Å²) in [4.78, 5) is 12.9. The number of ketones is 1. The van der Waals surface area contributed by atoms with Gasteiger partial charge in [0.25, 0.3) is 0 Å². The summed E-state index contributed by atoms with van der Waals surface area (Å²) < 4.78 is 10.8. The van der Waals surface area contributed by atoms with E-state index >= 15 is 0 Å². The molecule has 0 aromatic heterocycles. The minimum absolute atomic E-state index is 0.192. The molecule has 0 amide bonds. The zero-order valence-corrected chi connectivity index (χ0v) is 15.1. The third kappa shape index (κ3) is 4.05. The molecule has 2 aromatic carbocycles. The van der Waals surface area contributed by atoms with Crippen LogP contribution in [0.2, 0.25) is 0 Å². The van der Waals surface area contributed by atoms with Crippen LogP contribution < -0.4 is 4.74 Å². The van der Waals surface area contributed by atoms with Crippen molar-refractivity contribution in [2.75, 3.05) is 0 Å². The van der Waals surface area contributed by atoms with Gasteiger partial charge < -0.3 is 45.2 Å². The van der Waals surface area contributed by atoms with Crippen molar-refractivity contribution < 1.29 is 50.0 Å². The molecule has 0 saturated carbocycles. The number of phenolic OH excluding ortho intramolecular Hbond substituents is 4. The summed E-state index contributed by atoms with van der Waals surface area (Å²) in [6, 6.07) is 4.96. The van der Waals surface area contributed by atoms with E-state index in [1.165, 1.54) is 6.92 Å². The van der Waals surface area contributed by atoms with Gasteiger partial charge >= 0.3 is 0 Å². The fourth-order valence-electron chi connectivity index (χ4n) is 3.01. The van der Waals surface area contributed by atoms with E-state index in [0.717, 1.165) is 30.3 Å². The Kier molecular flexibility index (Phi) is 5.53. The van der Waals surface area contributed by atoms with Gasteiger partial charge in [0.05, 0.1) is 6.10 Å². The Morgan fingerprint density at radius 2 is 1.45 bits per heavy atom. The molecule has 2 aromatic rings. The van der Waals surface area contributed by atoms with E-state index in [1.54, 1.807) is 0 Å². The fourth-order valence-corrected chi connectivity index (χ4v) is 3.01. The number of hydrogen-bond acceptors (Lipinski definition) is 10. The Bertz CT molecular complexity index is 907. The first kappa shape index (κ1) is 20.7. The highest BCUT2D eigenvalue weighted by molar-refractivity contribution is 6.13. The summed E-state index contributed by atoms with van der Waals surface area (Å²) in [6.45, 7) is 1.43. The van der Waals surface area contributed by atoms with Crippen LogP contribution >= 0.6 is 0 Å². The molecular weight excluding hydrogens is 388 g/mol. The van der Waals surface area contributed by atoms with Crippen LogP contribution in [0.3, 0.4) is 0 Å². The number of rotatable bonds is 4. The fraction of sp³-hybridized carbons (Fsp3) is 0.316. The minimum Gasteiger partial charge on any atom is -0.508 e. The highest BCUT2D eigenvalue weighted by Gasteiger charge is 2.43. The summed E-state index contributed by atoms with van der Waals surface area (Å²) in [6.07, 6.45) is -7.13. The lowest BCUT2D eigenvalue weighted by atomic mass is 9.99. The second-order valence-electron chi connectivity index (χ2n) is 6.70. The average Bonchev–Trinajstić information content (AvgIpc) is 2.62. The van der Waals surface area contributed by atoms with Crippen molar-refractivity contribution in [3.8, 4) is 28.7 Å². The zero-order valence-electron chi connectivity index (χ0n) is 15.1. The van der Waals surface area contributed by atoms with E-state index in [9.17, 15) is 40.5 Å². The van der Waals surface area contributed by atoms with Gasteiger partial charge in [0.2, 0.25) is 12.1 Å². The Balaban J connectivity index is 2.01. The summed E-state index contributed by atoms with van der Waals surface area (Å²) in [5, 5.41) is 69.0. The van der Waals surface area contributed by atoms with E-state index in [1.807, 2.05) is 0 Å². The van der Waals surface area contributed by atoms with Gasteiger partial charge in [-0.3, -0.25) is 4.79 Å². The van der Waals surface area contributed by atoms with Crippen molar-refractivity contribution in [3.05, 3.63) is 41.5 Å². The second kappa shape index (κ2) is 7.76. The number of carbonyl (C=O) groups is 1. The molecule has 29 heavy (non-hydrogen) atoms. The third-order valence-corrected chi connectivity index (χ3v) is 4.51. The lowest BCUT2D eigenvalue weighted by Gasteiger charge is -2.39. The van der Waals surface area contributed by atoms with Gasteiger partial charge in [-0.1, -0.05) is 0 Å². The van der Waals surface area contributed by atoms with Crippen LogP contribution in [-0.4, -0.2) is 72.2 Å². The Labute approximate surface area is 164 Å². The number of aromatic hydroxyl groups is 4. The molecule has 0 radical (unpaired) electrons. The van der Waals surface area contributed by atoms with Crippen molar-refractivity contribution in [2.24, 2.45) is 0 Å². The van der Waals surface area contributed by atoms with Gasteiger partial charge in [0.1, 0.15) is 52.6 Å². The Morgan fingerprint density at radius 1 is 0.862 bits per heavy atom. The number of hydrogen-bond donors (Lipinski definition) is 7. The van der Waals surface area contributed by atoms with E-state index < -0.39 is 70.8 Å². The predicted molar refractivity (Wildman–Crippen MR) is 96.0 cm³/mol. The third-order valence-electron chi connectivity index (χ3n) is 4.51. The number of phenols is 4. The van der Waals surface area contributed by atoms with Gasteiger partial charge in [-0.05, 0) is 19.1 Å². The molecule has 1 saturated heterocycles. The molecule has 1 aliphatic rings. The molecule has 1 heterocycles. The molecule has 156 valence electrons. The van der Waals surface area contributed by atoms with E-state index in [-0.39, 0.29) is 5.56 Å². The molecular formula is C19H20O10. The molecule has 5 atom stereocenters. The Morgan fingerprint density at radius 3 is 2.07 bits per heavy atom. The summed E-state index contributed by atoms with van der Waals surface area (Å²) in [7, 11) is 0. The first-order valence-corrected chi connectivity index (χ1v) is 8.58. The van der Waals surface area contributed by atoms with Gasteiger partial charge in [-0.15, -0.1) is 0 Å². The van der Waals surface area contributed by atoms with E-state index in [0.29, 0.717) is 0 Å². The highest BCUT2D eigenvalue weighted by Crippen LogP contribution is 2.37. The molecule has 10 heteroatoms. The monoisotopic (exact) mass is 408 g/mol. The quantitative estimate of drug-likeness (QED) is 0.339. The summed E-state index contributed by atoms with van der Waals surface area (Å²) in [5.41, 5.74) is -0.640. The molecule has 7 N–H and O–H groups in total. The molecule has 0 spiro atoms. The summed E-state index contributed by atoms with van der Waals surface area (Å²) in [5.74, 6) is -3.20. The zero-order chi connectivity index (χ0) is 21.5. The summed E-state index contributed by atoms with van der Waals surface area (Å²) >= 11 is 0.